The highest BCUT2D eigenvalue weighted by atomic mass is 32.2. The predicted molar refractivity (Wildman–Crippen MR) is 102 cm³/mol. The third-order valence-corrected chi connectivity index (χ3v) is 6.27. The number of hydrogen-bond donors (Lipinski definition) is 1. The molecule has 0 spiro atoms. The van der Waals surface area contributed by atoms with Crippen LogP contribution in [0.3, 0.4) is 0 Å². The van der Waals surface area contributed by atoms with Crippen molar-refractivity contribution < 1.29 is 14.6 Å². The second-order valence-electron chi connectivity index (χ2n) is 6.94. The van der Waals surface area contributed by atoms with Crippen molar-refractivity contribution in [3.05, 3.63) is 35.7 Å². The number of fused-ring (bicyclic) bond motifs is 1. The van der Waals surface area contributed by atoms with E-state index < -0.39 is 0 Å². The maximum atomic E-state index is 13.0. The topological polar surface area (TPSA) is 80.5 Å². The molecule has 2 aliphatic rings. The van der Waals surface area contributed by atoms with E-state index in [2.05, 4.69) is 15.0 Å². The molecule has 2 atom stereocenters. The second kappa shape index (κ2) is 7.61. The van der Waals surface area contributed by atoms with Gasteiger partial charge in [0.05, 0.1) is 18.8 Å². The van der Waals surface area contributed by atoms with Gasteiger partial charge in [0.2, 0.25) is 0 Å². The number of rotatable bonds is 5. The lowest BCUT2D eigenvalue weighted by atomic mass is 9.97. The Morgan fingerprint density at radius 2 is 2.00 bits per heavy atom. The van der Waals surface area contributed by atoms with Crippen LogP contribution in [0, 0.1) is 6.92 Å². The fourth-order valence-electron chi connectivity index (χ4n) is 3.77. The molecule has 1 saturated heterocycles. The number of nitrogens with zero attached hydrogens (tertiary/aromatic N) is 4. The van der Waals surface area contributed by atoms with Crippen LogP contribution in [0.5, 0.6) is 5.75 Å². The number of aliphatic hydroxyl groups excluding tert-OH is 1. The fraction of sp³-hybridized carbons (Fsp3) is 0.526. The molecule has 2 aromatic rings. The summed E-state index contributed by atoms with van der Waals surface area (Å²) >= 11 is 1.48. The molecular formula is C19H24N4O3S. The standard InChI is InChI=1S/C19H24N4O3S/c1-3-26-15-6-4-13(5-7-15)16(22-10-8-14(24)9-11-22)17-18(25)23-19(27-17)20-12(2)21-23/h4-7,14,16-17,24H,3,8-11H2,1-2H3. The minimum absolute atomic E-state index is 0.0272. The van der Waals surface area contributed by atoms with Gasteiger partial charge in [0.25, 0.3) is 5.91 Å². The zero-order chi connectivity index (χ0) is 19.0. The van der Waals surface area contributed by atoms with Gasteiger partial charge in [-0.1, -0.05) is 23.9 Å². The molecule has 27 heavy (non-hydrogen) atoms. The molecular weight excluding hydrogens is 364 g/mol. The first-order valence-corrected chi connectivity index (χ1v) is 10.2. The third-order valence-electron chi connectivity index (χ3n) is 5.08. The monoisotopic (exact) mass is 388 g/mol. The third kappa shape index (κ3) is 3.61. The summed E-state index contributed by atoms with van der Waals surface area (Å²) in [5.41, 5.74) is 1.07. The first kappa shape index (κ1) is 18.5. The van der Waals surface area contributed by atoms with Crippen LogP contribution in [0.4, 0.5) is 0 Å². The Balaban J connectivity index is 1.64. The lowest BCUT2D eigenvalue weighted by Gasteiger charge is -2.38. The summed E-state index contributed by atoms with van der Waals surface area (Å²) in [7, 11) is 0. The highest BCUT2D eigenvalue weighted by Crippen LogP contribution is 2.42. The average molecular weight is 388 g/mol. The summed E-state index contributed by atoms with van der Waals surface area (Å²) in [6, 6.07) is 7.89. The maximum Gasteiger partial charge on any atom is 0.264 e. The molecule has 2 unspecified atom stereocenters. The van der Waals surface area contributed by atoms with Crippen molar-refractivity contribution in [2.75, 3.05) is 19.7 Å². The number of aryl methyl sites for hydroxylation is 1. The highest BCUT2D eigenvalue weighted by Gasteiger charge is 2.43. The van der Waals surface area contributed by atoms with Gasteiger partial charge in [-0.05, 0) is 44.4 Å². The second-order valence-corrected chi connectivity index (χ2v) is 8.05. The van der Waals surface area contributed by atoms with Crippen LogP contribution in [0.2, 0.25) is 0 Å². The van der Waals surface area contributed by atoms with Gasteiger partial charge in [-0.3, -0.25) is 9.69 Å². The summed E-state index contributed by atoms with van der Waals surface area (Å²) in [4.78, 5) is 19.7. The largest absolute Gasteiger partial charge is 0.494 e. The Labute approximate surface area is 162 Å². The summed E-state index contributed by atoms with van der Waals surface area (Å²) in [6.07, 6.45) is 1.19. The van der Waals surface area contributed by atoms with Crippen molar-refractivity contribution in [2.24, 2.45) is 0 Å². The van der Waals surface area contributed by atoms with E-state index in [0.29, 0.717) is 17.6 Å². The molecule has 0 aliphatic carbocycles. The minimum Gasteiger partial charge on any atom is -0.494 e. The van der Waals surface area contributed by atoms with Crippen LogP contribution in [0.15, 0.2) is 29.4 Å². The predicted octanol–water partition coefficient (Wildman–Crippen LogP) is 2.30. The lowest BCUT2D eigenvalue weighted by Crippen LogP contribution is -2.44. The van der Waals surface area contributed by atoms with Crippen LogP contribution >= 0.6 is 11.8 Å². The van der Waals surface area contributed by atoms with Crippen LogP contribution in [-0.4, -0.2) is 61.7 Å². The number of carbonyl (C=O) groups excluding carboxylic acids is 1. The Bertz CT molecular complexity index is 815. The fourth-order valence-corrected chi connectivity index (χ4v) is 5.07. The van der Waals surface area contributed by atoms with Gasteiger partial charge in [0, 0.05) is 13.1 Å². The van der Waals surface area contributed by atoms with Gasteiger partial charge in [0.1, 0.15) is 16.8 Å². The molecule has 1 aromatic heterocycles. The summed E-state index contributed by atoms with van der Waals surface area (Å²) in [5.74, 6) is 1.41. The number of ether oxygens (including phenoxy) is 1. The molecule has 0 amide bonds. The van der Waals surface area contributed by atoms with Gasteiger partial charge in [-0.15, -0.1) is 5.10 Å². The van der Waals surface area contributed by atoms with Gasteiger partial charge in [0.15, 0.2) is 5.16 Å². The molecule has 1 fully saturated rings. The van der Waals surface area contributed by atoms with Crippen molar-refractivity contribution >= 4 is 17.7 Å². The first-order chi connectivity index (χ1) is 13.1. The number of aliphatic hydroxyl groups is 1. The van der Waals surface area contributed by atoms with Crippen LogP contribution in [0.1, 0.15) is 42.0 Å². The Morgan fingerprint density at radius 3 is 2.63 bits per heavy atom. The normalized spacial score (nSPS) is 22.0. The number of aromatic nitrogens is 3. The smallest absolute Gasteiger partial charge is 0.264 e. The summed E-state index contributed by atoms with van der Waals surface area (Å²) in [6.45, 7) is 5.90. The molecule has 144 valence electrons. The van der Waals surface area contributed by atoms with E-state index in [1.807, 2.05) is 31.2 Å². The van der Waals surface area contributed by atoms with E-state index in [1.165, 1.54) is 16.4 Å². The zero-order valence-electron chi connectivity index (χ0n) is 15.5. The van der Waals surface area contributed by atoms with Crippen molar-refractivity contribution in [2.45, 2.75) is 49.2 Å². The number of thioether (sulfide) groups is 1. The average Bonchev–Trinajstić information content (AvgIpc) is 3.16. The van der Waals surface area contributed by atoms with E-state index >= 15 is 0 Å². The van der Waals surface area contributed by atoms with Crippen molar-refractivity contribution in [1.82, 2.24) is 19.7 Å². The quantitative estimate of drug-likeness (QED) is 0.842. The molecule has 1 N–H and O–H groups in total. The number of likely N-dealkylation sites (tertiary alicyclic amines) is 1. The SMILES string of the molecule is CCOc1ccc(C(C2Sc3nc(C)nn3C2=O)N2CCC(O)CC2)cc1. The van der Waals surface area contributed by atoms with Crippen LogP contribution < -0.4 is 4.74 Å². The van der Waals surface area contributed by atoms with E-state index in [9.17, 15) is 9.90 Å². The Kier molecular flexibility index (Phi) is 5.21. The van der Waals surface area contributed by atoms with Crippen molar-refractivity contribution in [3.8, 4) is 5.75 Å². The lowest BCUT2D eigenvalue weighted by molar-refractivity contribution is 0.0551. The molecule has 1 aromatic carbocycles. The molecule has 3 heterocycles. The van der Waals surface area contributed by atoms with Gasteiger partial charge in [-0.25, -0.2) is 4.98 Å². The highest BCUT2D eigenvalue weighted by molar-refractivity contribution is 8.00. The van der Waals surface area contributed by atoms with Crippen LogP contribution in [-0.2, 0) is 0 Å². The molecule has 0 bridgehead atoms. The molecule has 0 radical (unpaired) electrons. The summed E-state index contributed by atoms with van der Waals surface area (Å²) in [5, 5.41) is 14.5. The minimum atomic E-state index is -0.297. The maximum absolute atomic E-state index is 13.0. The van der Waals surface area contributed by atoms with Crippen molar-refractivity contribution in [3.63, 3.8) is 0 Å². The molecule has 4 rings (SSSR count). The van der Waals surface area contributed by atoms with E-state index in [0.717, 1.165) is 37.2 Å². The van der Waals surface area contributed by atoms with E-state index in [-0.39, 0.29) is 23.3 Å². The molecule has 0 saturated carbocycles. The van der Waals surface area contributed by atoms with E-state index in [4.69, 9.17) is 4.74 Å². The van der Waals surface area contributed by atoms with Gasteiger partial charge < -0.3 is 9.84 Å². The first-order valence-electron chi connectivity index (χ1n) is 9.36. The number of benzene rings is 1. The number of piperidine rings is 1. The number of carbonyl (C=O) groups is 1. The molecule has 2 aliphatic heterocycles. The zero-order valence-corrected chi connectivity index (χ0v) is 16.4. The van der Waals surface area contributed by atoms with Crippen LogP contribution in [0.25, 0.3) is 0 Å². The Morgan fingerprint density at radius 1 is 1.30 bits per heavy atom. The van der Waals surface area contributed by atoms with E-state index in [1.54, 1.807) is 6.92 Å². The van der Waals surface area contributed by atoms with Crippen molar-refractivity contribution in [1.29, 1.82) is 0 Å². The van der Waals surface area contributed by atoms with Gasteiger partial charge >= 0.3 is 0 Å². The molecule has 8 heteroatoms. The van der Waals surface area contributed by atoms with Gasteiger partial charge in [-0.2, -0.15) is 4.68 Å². The Hall–Kier alpha value is -1.90. The summed E-state index contributed by atoms with van der Waals surface area (Å²) < 4.78 is 6.99. The molecule has 7 nitrogen and oxygen atoms in total. The number of hydrogen-bond acceptors (Lipinski definition) is 7.